The minimum absolute atomic E-state index is 0.0977. The van der Waals surface area contributed by atoms with E-state index in [1.165, 1.54) is 0 Å². The lowest BCUT2D eigenvalue weighted by Gasteiger charge is -2.19. The van der Waals surface area contributed by atoms with Crippen LogP contribution in [0.2, 0.25) is 0 Å². The molecular formula is C22H26N2O4. The molecule has 0 radical (unpaired) electrons. The molecule has 2 aromatic carbocycles. The van der Waals surface area contributed by atoms with Gasteiger partial charge in [0.15, 0.2) is 5.89 Å². The Labute approximate surface area is 164 Å². The summed E-state index contributed by atoms with van der Waals surface area (Å²) in [4.78, 5) is 4.31. The molecule has 0 saturated heterocycles. The van der Waals surface area contributed by atoms with E-state index in [4.69, 9.17) is 14.9 Å². The van der Waals surface area contributed by atoms with Crippen molar-refractivity contribution in [3.05, 3.63) is 66.2 Å². The van der Waals surface area contributed by atoms with Gasteiger partial charge in [0.1, 0.15) is 23.5 Å². The van der Waals surface area contributed by atoms with Crippen molar-refractivity contribution in [1.29, 1.82) is 0 Å². The summed E-state index contributed by atoms with van der Waals surface area (Å²) in [6, 6.07) is 15.3. The van der Waals surface area contributed by atoms with Crippen LogP contribution in [0.15, 0.2) is 59.2 Å². The van der Waals surface area contributed by atoms with E-state index in [0.717, 1.165) is 34.7 Å². The van der Waals surface area contributed by atoms with Crippen LogP contribution in [-0.2, 0) is 6.42 Å². The molecule has 1 atom stereocenters. The van der Waals surface area contributed by atoms with E-state index in [9.17, 15) is 10.2 Å². The molecule has 4 N–H and O–H groups in total. The molecule has 3 rings (SSSR count). The Hall–Kier alpha value is -2.67. The monoisotopic (exact) mass is 382 g/mol. The van der Waals surface area contributed by atoms with E-state index in [2.05, 4.69) is 4.98 Å². The maximum Gasteiger partial charge on any atom is 0.191 e. The normalized spacial score (nSPS) is 12.3. The molecular weight excluding hydrogens is 356 g/mol. The number of hydrogen-bond donors (Lipinski definition) is 3. The molecule has 0 bridgehead atoms. The first-order valence-electron chi connectivity index (χ1n) is 9.35. The molecule has 0 saturated carbocycles. The number of nitrogens with zero attached hydrogens (tertiary/aromatic N) is 1. The fourth-order valence-electron chi connectivity index (χ4n) is 2.95. The number of ether oxygens (including phenoxy) is 1. The molecule has 1 unspecified atom stereocenters. The van der Waals surface area contributed by atoms with Crippen LogP contribution in [-0.4, -0.2) is 34.5 Å². The lowest BCUT2D eigenvalue weighted by Crippen LogP contribution is -2.35. The quantitative estimate of drug-likeness (QED) is 0.525. The van der Waals surface area contributed by atoms with Crippen LogP contribution in [0, 0.1) is 12.8 Å². The molecule has 1 heterocycles. The zero-order chi connectivity index (χ0) is 19.9. The maximum absolute atomic E-state index is 9.19. The molecule has 3 aromatic rings. The third-order valence-corrected chi connectivity index (χ3v) is 4.77. The first kappa shape index (κ1) is 20.1. The second-order valence-corrected chi connectivity index (χ2v) is 6.85. The van der Waals surface area contributed by atoms with E-state index in [1.807, 2.05) is 55.5 Å². The van der Waals surface area contributed by atoms with Gasteiger partial charge in [-0.25, -0.2) is 4.98 Å². The zero-order valence-corrected chi connectivity index (χ0v) is 15.9. The Bertz CT molecular complexity index is 855. The van der Waals surface area contributed by atoms with Crippen molar-refractivity contribution in [2.75, 3.05) is 13.2 Å². The number of aliphatic hydroxyl groups excluding tert-OH is 2. The van der Waals surface area contributed by atoms with Gasteiger partial charge in [-0.05, 0) is 54.8 Å². The second kappa shape index (κ2) is 9.50. The number of aliphatic hydroxyl groups is 2. The van der Waals surface area contributed by atoms with Crippen molar-refractivity contribution >= 4 is 0 Å². The van der Waals surface area contributed by atoms with Crippen molar-refractivity contribution in [2.45, 2.75) is 25.8 Å². The Kier molecular flexibility index (Phi) is 6.81. The summed E-state index contributed by atoms with van der Waals surface area (Å²) in [6.07, 6.45) is 3.12. The fourth-order valence-corrected chi connectivity index (χ4v) is 2.95. The maximum atomic E-state index is 9.19. The van der Waals surface area contributed by atoms with Crippen molar-refractivity contribution < 1.29 is 19.4 Å². The van der Waals surface area contributed by atoms with Gasteiger partial charge in [-0.3, -0.25) is 0 Å². The fraction of sp³-hybridized carbons (Fsp3) is 0.318. The largest absolute Gasteiger partial charge is 0.457 e. The number of rotatable bonds is 9. The highest BCUT2D eigenvalue weighted by Crippen LogP contribution is 2.26. The van der Waals surface area contributed by atoms with E-state index < -0.39 is 0 Å². The van der Waals surface area contributed by atoms with Crippen molar-refractivity contribution in [2.24, 2.45) is 11.7 Å². The average Bonchev–Trinajstić information content (AvgIpc) is 3.15. The Balaban J connectivity index is 1.55. The molecule has 0 aliphatic carbocycles. The summed E-state index contributed by atoms with van der Waals surface area (Å²) in [5.41, 5.74) is 8.93. The summed E-state index contributed by atoms with van der Waals surface area (Å²) >= 11 is 0. The highest BCUT2D eigenvalue weighted by atomic mass is 16.5. The van der Waals surface area contributed by atoms with Gasteiger partial charge in [0.25, 0.3) is 0 Å². The summed E-state index contributed by atoms with van der Waals surface area (Å²) in [5, 5.41) is 18.4. The van der Waals surface area contributed by atoms with E-state index in [0.29, 0.717) is 12.3 Å². The van der Waals surface area contributed by atoms with Crippen LogP contribution >= 0.6 is 0 Å². The molecule has 0 spiro atoms. The van der Waals surface area contributed by atoms with Crippen LogP contribution in [0.4, 0.5) is 0 Å². The molecule has 6 heteroatoms. The van der Waals surface area contributed by atoms with E-state index >= 15 is 0 Å². The third-order valence-electron chi connectivity index (χ3n) is 4.77. The SMILES string of the molecule is Cc1nc(-c2ccc(Oc3ccc(CCC(N)C(CO)CO)cc3)cc2)co1. The highest BCUT2D eigenvalue weighted by Gasteiger charge is 2.15. The second-order valence-electron chi connectivity index (χ2n) is 6.85. The minimum Gasteiger partial charge on any atom is -0.457 e. The van der Waals surface area contributed by atoms with Gasteiger partial charge in [0.05, 0.1) is 0 Å². The first-order chi connectivity index (χ1) is 13.6. The molecule has 1 aromatic heterocycles. The number of benzene rings is 2. The highest BCUT2D eigenvalue weighted by molar-refractivity contribution is 5.59. The van der Waals surface area contributed by atoms with Gasteiger partial charge in [-0.1, -0.05) is 12.1 Å². The lowest BCUT2D eigenvalue weighted by atomic mass is 9.96. The lowest BCUT2D eigenvalue weighted by molar-refractivity contribution is 0.129. The van der Waals surface area contributed by atoms with Crippen LogP contribution in [0.3, 0.4) is 0 Å². The van der Waals surface area contributed by atoms with Gasteiger partial charge in [-0.15, -0.1) is 0 Å². The number of hydrogen-bond acceptors (Lipinski definition) is 6. The first-order valence-corrected chi connectivity index (χ1v) is 9.35. The number of aromatic nitrogens is 1. The Morgan fingerprint density at radius 2 is 1.61 bits per heavy atom. The smallest absolute Gasteiger partial charge is 0.191 e. The summed E-state index contributed by atoms with van der Waals surface area (Å²) in [7, 11) is 0. The van der Waals surface area contributed by atoms with Gasteiger partial charge >= 0.3 is 0 Å². The molecule has 0 aliphatic rings. The van der Waals surface area contributed by atoms with E-state index in [-0.39, 0.29) is 25.2 Å². The number of aryl methyl sites for hydroxylation is 2. The van der Waals surface area contributed by atoms with Gasteiger partial charge < -0.3 is 25.1 Å². The van der Waals surface area contributed by atoms with Crippen molar-refractivity contribution in [3.63, 3.8) is 0 Å². The number of oxazole rings is 1. The molecule has 6 nitrogen and oxygen atoms in total. The Morgan fingerprint density at radius 1 is 1.00 bits per heavy atom. The van der Waals surface area contributed by atoms with Gasteiger partial charge in [0.2, 0.25) is 0 Å². The molecule has 0 amide bonds. The molecule has 0 fully saturated rings. The summed E-state index contributed by atoms with van der Waals surface area (Å²) in [5.74, 6) is 1.86. The summed E-state index contributed by atoms with van der Waals surface area (Å²) in [6.45, 7) is 1.62. The van der Waals surface area contributed by atoms with Crippen LogP contribution in [0.25, 0.3) is 11.3 Å². The minimum atomic E-state index is -0.272. The van der Waals surface area contributed by atoms with Gasteiger partial charge in [0, 0.05) is 37.7 Å². The van der Waals surface area contributed by atoms with Crippen LogP contribution in [0.1, 0.15) is 17.9 Å². The molecule has 0 aliphatic heterocycles. The number of nitrogens with two attached hydrogens (primary N) is 1. The Morgan fingerprint density at radius 3 is 2.14 bits per heavy atom. The molecule has 28 heavy (non-hydrogen) atoms. The molecule has 148 valence electrons. The topological polar surface area (TPSA) is 102 Å². The average molecular weight is 382 g/mol. The van der Waals surface area contributed by atoms with Crippen molar-refractivity contribution in [3.8, 4) is 22.8 Å². The predicted octanol–water partition coefficient (Wildman–Crippen LogP) is 3.30. The van der Waals surface area contributed by atoms with Crippen molar-refractivity contribution in [1.82, 2.24) is 4.98 Å². The van der Waals surface area contributed by atoms with Gasteiger partial charge in [-0.2, -0.15) is 0 Å². The van der Waals surface area contributed by atoms with E-state index in [1.54, 1.807) is 6.26 Å². The van der Waals surface area contributed by atoms with Crippen LogP contribution in [0.5, 0.6) is 11.5 Å². The predicted molar refractivity (Wildman–Crippen MR) is 107 cm³/mol. The summed E-state index contributed by atoms with van der Waals surface area (Å²) < 4.78 is 11.1. The zero-order valence-electron chi connectivity index (χ0n) is 15.9. The standard InChI is InChI=1S/C22H26N2O4/c1-15-24-22(14-27-15)17-5-9-20(10-6-17)28-19-7-2-16(3-8-19)4-11-21(23)18(12-25)13-26/h2-3,5-10,14,18,21,25-26H,4,11-13,23H2,1H3. The van der Waals surface area contributed by atoms with Crippen LogP contribution < -0.4 is 10.5 Å². The third kappa shape index (κ3) is 5.19.